The van der Waals surface area contributed by atoms with Crippen molar-refractivity contribution in [2.24, 2.45) is 0 Å². The summed E-state index contributed by atoms with van der Waals surface area (Å²) in [5.41, 5.74) is 1.02. The van der Waals surface area contributed by atoms with E-state index in [1.165, 1.54) is 72.1 Å². The van der Waals surface area contributed by atoms with Crippen molar-refractivity contribution in [3.8, 4) is 0 Å². The van der Waals surface area contributed by atoms with Gasteiger partial charge in [-0.05, 0) is 56.2 Å². The number of benzene rings is 3. The summed E-state index contributed by atoms with van der Waals surface area (Å²) >= 11 is 0. The summed E-state index contributed by atoms with van der Waals surface area (Å²) in [6.45, 7) is 11.0. The first-order valence-corrected chi connectivity index (χ1v) is 40.8. The molecule has 44 nitrogen and oxygen atoms in total. The van der Waals surface area contributed by atoms with E-state index in [9.17, 15) is 71.9 Å². The van der Waals surface area contributed by atoms with Gasteiger partial charge in [0.15, 0.2) is 92.3 Å². The highest BCUT2D eigenvalue weighted by atomic mass is 16.8. The van der Waals surface area contributed by atoms with Gasteiger partial charge in [-0.25, -0.2) is 19.1 Å². The topological polar surface area (TPSA) is 524 Å². The van der Waals surface area contributed by atoms with Crippen molar-refractivity contribution in [3.63, 3.8) is 0 Å². The number of esters is 14. The number of rotatable bonds is 36. The Labute approximate surface area is 737 Å². The minimum atomic E-state index is -2.11. The number of carbonyl (C=O) groups is 15. The molecule has 0 saturated carbocycles. The number of carbonyl (C=O) groups excluding carboxylic acids is 15. The summed E-state index contributed by atoms with van der Waals surface area (Å²) in [7, 11) is 1.29. The highest BCUT2D eigenvalue weighted by Gasteiger charge is 2.61. The van der Waals surface area contributed by atoms with E-state index >= 15 is 0 Å². The van der Waals surface area contributed by atoms with Crippen LogP contribution in [0, 0.1) is 0 Å². The van der Waals surface area contributed by atoms with E-state index in [2.05, 4.69) is 20.6 Å². The van der Waals surface area contributed by atoms with Crippen LogP contribution in [0.2, 0.25) is 0 Å². The second-order valence-electron chi connectivity index (χ2n) is 30.3. The Hall–Kier alpha value is -12.6. The van der Waals surface area contributed by atoms with Crippen LogP contribution in [0.4, 0.5) is 0 Å². The molecule has 4 fully saturated rings. The lowest BCUT2D eigenvalue weighted by atomic mass is 9.84. The van der Waals surface area contributed by atoms with Crippen molar-refractivity contribution in [3.05, 3.63) is 143 Å². The second kappa shape index (κ2) is 45.9. The first-order chi connectivity index (χ1) is 61.4. The fourth-order valence-electron chi connectivity index (χ4n) is 15.2. The zero-order valence-corrected chi connectivity index (χ0v) is 72.8. The molecule has 3 aromatic carbocycles. The van der Waals surface area contributed by atoms with Crippen molar-refractivity contribution in [2.45, 2.75) is 270 Å². The Morgan fingerprint density at radius 3 is 1.32 bits per heavy atom. The molecule has 698 valence electrons. The number of aryl methyl sites for hydroxylation is 2. The third kappa shape index (κ3) is 27.2. The number of hydrogen-bond donors (Lipinski definition) is 0. The number of nitrogens with zero attached hydrogens (tertiary/aromatic N) is 7. The number of amides is 1. The maximum atomic E-state index is 14.4. The fraction of sp³-hybridized carbons (Fsp3) is 0.541. The van der Waals surface area contributed by atoms with Crippen LogP contribution in [0.25, 0.3) is 0 Å². The molecular formula is C85H101N7O37. The Kier molecular flexibility index (Phi) is 35.1. The van der Waals surface area contributed by atoms with Crippen LogP contribution in [0.1, 0.15) is 145 Å². The van der Waals surface area contributed by atoms with E-state index in [-0.39, 0.29) is 47.5 Å². The predicted molar refractivity (Wildman–Crippen MR) is 424 cm³/mol. The Balaban J connectivity index is 0.878. The molecule has 0 radical (unpaired) electrons. The normalized spacial score (nSPS) is 27.6. The van der Waals surface area contributed by atoms with Crippen LogP contribution >= 0.6 is 0 Å². The van der Waals surface area contributed by atoms with E-state index in [1.807, 2.05) is 0 Å². The van der Waals surface area contributed by atoms with Crippen LogP contribution in [-0.4, -0.2) is 292 Å². The number of hydrogen-bond acceptors (Lipinski definition) is 41. The van der Waals surface area contributed by atoms with Crippen LogP contribution < -0.4 is 0 Å². The zero-order chi connectivity index (χ0) is 93.6. The monoisotopic (exact) mass is 1810 g/mol. The van der Waals surface area contributed by atoms with E-state index in [1.54, 1.807) is 60.8 Å². The van der Waals surface area contributed by atoms with Gasteiger partial charge in [-0.1, -0.05) is 71.1 Å². The van der Waals surface area contributed by atoms with Crippen LogP contribution in [0.3, 0.4) is 0 Å². The minimum Gasteiger partial charge on any atom is -0.463 e. The van der Waals surface area contributed by atoms with Crippen molar-refractivity contribution in [1.82, 2.24) is 34.9 Å². The van der Waals surface area contributed by atoms with Gasteiger partial charge in [-0.2, -0.15) is 0 Å². The molecule has 5 aromatic rings. The molecule has 5 aliphatic rings. The first-order valence-electron chi connectivity index (χ1n) is 40.8. The predicted octanol–water partition coefficient (Wildman–Crippen LogP) is 3.09. The SMILES string of the molecule is CO[C@@H]1O[C@H](Cn2cc(CCCn3cc(CO[C@@H]4OC(COC(C)=O)[C@@H](O[C@H]5OC(COC(C)=O)[C@@H](O[C@H]6OC(C)[C@@H](N(C(C)=O)[C@H]7C=C(COC(C)=O)[C@@H](OC(C)=O)[C@H](OC(C)=O)[C@H]7OC(C)=O)CC6OC(C)=O)C(OC(C)=O)C5OC(C)=O)C(OC(C)=O)C4OC(C)=O)nn3)nn2)[C@H](OC(=O)c2ccccc2)[C@H](OC(=O)c2ccccc2)[C@@H]1OC(=O)c1ccccc1. The number of ether oxygens (including phenoxy) is 22. The average molecular weight is 1810 g/mol. The number of aromatic nitrogens is 6. The Morgan fingerprint density at radius 2 is 0.822 bits per heavy atom. The third-order valence-electron chi connectivity index (χ3n) is 20.3. The summed E-state index contributed by atoms with van der Waals surface area (Å²) in [5, 5.41) is 17.2. The highest BCUT2D eigenvalue weighted by molar-refractivity contribution is 5.91. The maximum Gasteiger partial charge on any atom is 0.338 e. The lowest BCUT2D eigenvalue weighted by Gasteiger charge is -2.51. The van der Waals surface area contributed by atoms with Crippen LogP contribution in [-0.2, 0) is 188 Å². The molecule has 6 heterocycles. The van der Waals surface area contributed by atoms with E-state index in [0.29, 0.717) is 12.1 Å². The molecule has 0 spiro atoms. The summed E-state index contributed by atoms with van der Waals surface area (Å²) in [5.74, 6) is -13.9. The van der Waals surface area contributed by atoms with Crippen molar-refractivity contribution in [1.29, 1.82) is 0 Å². The largest absolute Gasteiger partial charge is 0.463 e. The van der Waals surface area contributed by atoms with Gasteiger partial charge in [0.2, 0.25) is 5.91 Å². The average Bonchev–Trinajstić information content (AvgIpc) is 1.28. The molecule has 2 aromatic heterocycles. The quantitative estimate of drug-likeness (QED) is 0.0316. The van der Waals surface area contributed by atoms with Crippen LogP contribution in [0.15, 0.2) is 115 Å². The van der Waals surface area contributed by atoms with Gasteiger partial charge in [0.05, 0.1) is 59.9 Å². The van der Waals surface area contributed by atoms with Crippen LogP contribution in [0.5, 0.6) is 0 Å². The lowest BCUT2D eigenvalue weighted by Crippen LogP contribution is -2.68. The Morgan fingerprint density at radius 1 is 0.403 bits per heavy atom. The Bertz CT molecular complexity index is 4820. The molecule has 1 amide bonds. The molecule has 0 bridgehead atoms. The van der Waals surface area contributed by atoms with Crippen molar-refractivity contribution in [2.75, 3.05) is 26.9 Å². The van der Waals surface area contributed by atoms with Gasteiger partial charge in [-0.15, -0.1) is 10.2 Å². The summed E-state index contributed by atoms with van der Waals surface area (Å²) in [6.07, 6.45) is -31.0. The van der Waals surface area contributed by atoms with Gasteiger partial charge < -0.3 is 109 Å². The van der Waals surface area contributed by atoms with Gasteiger partial charge >= 0.3 is 83.6 Å². The minimum absolute atomic E-state index is 0.0294. The molecular weight excluding hydrogens is 1710 g/mol. The molecule has 4 saturated heterocycles. The fourth-order valence-corrected chi connectivity index (χ4v) is 15.2. The molecule has 0 N–H and O–H groups in total. The first kappa shape index (κ1) is 98.6. The van der Waals surface area contributed by atoms with Gasteiger partial charge in [0, 0.05) is 115 Å². The van der Waals surface area contributed by atoms with E-state index in [0.717, 1.165) is 88.0 Å². The number of methoxy groups -OCH3 is 1. The van der Waals surface area contributed by atoms with Gasteiger partial charge in [-0.3, -0.25) is 62.2 Å². The van der Waals surface area contributed by atoms with Gasteiger partial charge in [0.25, 0.3) is 0 Å². The smallest absolute Gasteiger partial charge is 0.338 e. The van der Waals surface area contributed by atoms with Gasteiger partial charge in [0.1, 0.15) is 56.0 Å². The molecule has 44 heteroatoms. The molecule has 129 heavy (non-hydrogen) atoms. The third-order valence-corrected chi connectivity index (χ3v) is 20.3. The van der Waals surface area contributed by atoms with E-state index in [4.69, 9.17) is 104 Å². The summed E-state index contributed by atoms with van der Waals surface area (Å²) < 4.78 is 135. The summed E-state index contributed by atoms with van der Waals surface area (Å²) in [6, 6.07) is 21.2. The standard InChI is InChI=1S/C85H101N7O37/c1-42-61(92(43(2)93)62-33-58(38-109-44(3)94)67(115-48(7)98)72(117-50(9)100)68(62)116-49(8)99)34-63(114-47(6)97)82(113-42)128-70-66(41-111-46(5)96)124-85(78(121-54(13)104)74(70)119-52(11)102)129-71-65(40-110-45(4)95)123-84(77(120-53(12)103)73(71)118-51(10)101)112-39-60-36-90(88-87-60)32-24-31-59-35-91(89-86-59)37-64-69(125-79(105)55-25-18-15-19-26-55)75(126-80(106)56-27-20-16-21-28-56)76(83(108-14)122-64)127-81(107)57-29-22-17-23-30-57/h15-23,25-30,33,35-36,42,61-78,82-85H,24,31-32,34,37-41H2,1-14H3/t42?,61-,62-,63?,64+,65?,66?,67+,68-,69-,70+,71+,72-,73?,74?,75-,76-,77?,78?,82+,83+,84+,85+/m0/s1. The maximum absolute atomic E-state index is 14.4. The molecule has 8 unspecified atom stereocenters. The molecule has 23 atom stereocenters. The lowest BCUT2D eigenvalue weighted by molar-refractivity contribution is -0.375. The summed E-state index contributed by atoms with van der Waals surface area (Å²) in [4.78, 5) is 201. The molecule has 10 rings (SSSR count). The highest BCUT2D eigenvalue weighted by Crippen LogP contribution is 2.41. The molecule has 4 aliphatic heterocycles. The zero-order valence-electron chi connectivity index (χ0n) is 72.8. The van der Waals surface area contributed by atoms with Crippen molar-refractivity contribution >= 4 is 89.5 Å². The second-order valence-corrected chi connectivity index (χ2v) is 30.3. The van der Waals surface area contributed by atoms with Crippen molar-refractivity contribution < 1.29 is 176 Å². The molecule has 1 aliphatic carbocycles. The van der Waals surface area contributed by atoms with E-state index < -0.39 is 263 Å².